The van der Waals surface area contributed by atoms with Gasteiger partial charge in [-0.3, -0.25) is 14.9 Å². The van der Waals surface area contributed by atoms with Crippen molar-refractivity contribution in [1.29, 1.82) is 0 Å². The van der Waals surface area contributed by atoms with Crippen molar-refractivity contribution in [2.45, 2.75) is 13.2 Å². The van der Waals surface area contributed by atoms with E-state index in [0.717, 1.165) is 11.1 Å². The van der Waals surface area contributed by atoms with Gasteiger partial charge in [0.15, 0.2) is 17.8 Å². The van der Waals surface area contributed by atoms with E-state index in [2.05, 4.69) is 0 Å². The molecule has 0 saturated heterocycles. The van der Waals surface area contributed by atoms with E-state index < -0.39 is 4.92 Å². The second-order valence-corrected chi connectivity index (χ2v) is 6.51. The molecule has 0 bridgehead atoms. The van der Waals surface area contributed by atoms with Crippen molar-refractivity contribution in [3.63, 3.8) is 0 Å². The van der Waals surface area contributed by atoms with Gasteiger partial charge in [0.2, 0.25) is 0 Å². The molecule has 0 fully saturated rings. The molecule has 0 aliphatic rings. The SMILES string of the molecule is COc1ccc(COc2cc(C=O)c([N+](=O)[O-])cc2OCc2ccc(OC)cc2)cc1. The molecular weight excluding hydrogens is 402 g/mol. The van der Waals surface area contributed by atoms with Crippen LogP contribution in [-0.4, -0.2) is 25.4 Å². The summed E-state index contributed by atoms with van der Waals surface area (Å²) < 4.78 is 21.9. The van der Waals surface area contributed by atoms with Crippen molar-refractivity contribution in [1.82, 2.24) is 0 Å². The van der Waals surface area contributed by atoms with Crippen LogP contribution in [0, 0.1) is 10.1 Å². The van der Waals surface area contributed by atoms with Gasteiger partial charge in [0.05, 0.1) is 30.8 Å². The lowest BCUT2D eigenvalue weighted by molar-refractivity contribution is -0.385. The molecule has 0 radical (unpaired) electrons. The third-order valence-electron chi connectivity index (χ3n) is 4.52. The molecule has 0 N–H and O–H groups in total. The first-order chi connectivity index (χ1) is 15.0. The summed E-state index contributed by atoms with van der Waals surface area (Å²) in [6.07, 6.45) is 0.422. The average Bonchev–Trinajstić information content (AvgIpc) is 2.81. The Morgan fingerprint density at radius 1 is 0.806 bits per heavy atom. The maximum absolute atomic E-state index is 11.4. The Kier molecular flexibility index (Phi) is 7.05. The van der Waals surface area contributed by atoms with Gasteiger partial charge < -0.3 is 18.9 Å². The van der Waals surface area contributed by atoms with Gasteiger partial charge >= 0.3 is 0 Å². The lowest BCUT2D eigenvalue weighted by Gasteiger charge is -2.14. The van der Waals surface area contributed by atoms with E-state index in [9.17, 15) is 14.9 Å². The Hall–Kier alpha value is -4.07. The van der Waals surface area contributed by atoms with E-state index in [1.54, 1.807) is 38.5 Å². The van der Waals surface area contributed by atoms with Crippen molar-refractivity contribution in [2.75, 3.05) is 14.2 Å². The zero-order valence-corrected chi connectivity index (χ0v) is 17.1. The van der Waals surface area contributed by atoms with Crippen LogP contribution in [0.5, 0.6) is 23.0 Å². The minimum Gasteiger partial charge on any atom is -0.497 e. The number of carbonyl (C=O) groups excluding carboxylic acids is 1. The molecule has 0 aromatic heterocycles. The quantitative estimate of drug-likeness (QED) is 0.267. The van der Waals surface area contributed by atoms with Crippen LogP contribution in [0.2, 0.25) is 0 Å². The molecule has 0 heterocycles. The number of rotatable bonds is 10. The summed E-state index contributed by atoms with van der Waals surface area (Å²) in [6, 6.07) is 17.0. The molecule has 3 aromatic carbocycles. The first kappa shape index (κ1) is 21.6. The number of aldehydes is 1. The largest absolute Gasteiger partial charge is 0.497 e. The summed E-state index contributed by atoms with van der Waals surface area (Å²) in [7, 11) is 3.15. The Morgan fingerprint density at radius 2 is 1.26 bits per heavy atom. The van der Waals surface area contributed by atoms with Gasteiger partial charge in [0.25, 0.3) is 5.69 Å². The Labute approximate surface area is 179 Å². The molecule has 0 atom stereocenters. The number of carbonyl (C=O) groups is 1. The molecule has 0 saturated carbocycles. The Balaban J connectivity index is 1.83. The average molecular weight is 423 g/mol. The smallest absolute Gasteiger partial charge is 0.283 e. The standard InChI is InChI=1S/C23H21NO7/c1-28-19-7-3-16(4-8-19)14-30-22-11-18(13-25)21(24(26)27)12-23(22)31-15-17-5-9-20(29-2)10-6-17/h3-13H,14-15H2,1-2H3. The maximum Gasteiger partial charge on any atom is 0.283 e. The molecule has 0 amide bonds. The highest BCUT2D eigenvalue weighted by Crippen LogP contribution is 2.35. The topological polar surface area (TPSA) is 97.1 Å². The lowest BCUT2D eigenvalue weighted by Crippen LogP contribution is -2.03. The maximum atomic E-state index is 11.4. The summed E-state index contributed by atoms with van der Waals surface area (Å²) >= 11 is 0. The van der Waals surface area contributed by atoms with Crippen molar-refractivity contribution < 1.29 is 28.7 Å². The zero-order valence-electron chi connectivity index (χ0n) is 17.1. The highest BCUT2D eigenvalue weighted by atomic mass is 16.6. The number of nitro groups is 1. The van der Waals surface area contributed by atoms with Crippen LogP contribution < -0.4 is 18.9 Å². The van der Waals surface area contributed by atoms with Crippen LogP contribution in [0.4, 0.5) is 5.69 Å². The number of hydrogen-bond donors (Lipinski definition) is 0. The van der Waals surface area contributed by atoms with Crippen molar-refractivity contribution >= 4 is 12.0 Å². The Morgan fingerprint density at radius 3 is 1.65 bits per heavy atom. The van der Waals surface area contributed by atoms with Crippen LogP contribution >= 0.6 is 0 Å². The molecule has 3 aromatic rings. The highest BCUT2D eigenvalue weighted by Gasteiger charge is 2.20. The van der Waals surface area contributed by atoms with E-state index in [1.165, 1.54) is 12.1 Å². The number of benzene rings is 3. The molecule has 160 valence electrons. The van der Waals surface area contributed by atoms with Gasteiger partial charge in [-0.2, -0.15) is 0 Å². The first-order valence-electron chi connectivity index (χ1n) is 9.33. The first-order valence-corrected chi connectivity index (χ1v) is 9.33. The predicted octanol–water partition coefficient (Wildman–Crippen LogP) is 4.58. The van der Waals surface area contributed by atoms with Gasteiger partial charge in [-0.25, -0.2) is 0 Å². The van der Waals surface area contributed by atoms with E-state index in [0.29, 0.717) is 17.8 Å². The Bertz CT molecular complexity index is 1050. The number of ether oxygens (including phenoxy) is 4. The van der Waals surface area contributed by atoms with Gasteiger partial charge in [0, 0.05) is 6.07 Å². The molecule has 0 spiro atoms. The molecule has 8 heteroatoms. The van der Waals surface area contributed by atoms with Crippen LogP contribution in [0.15, 0.2) is 60.7 Å². The fourth-order valence-corrected chi connectivity index (χ4v) is 2.81. The number of hydrogen-bond acceptors (Lipinski definition) is 7. The minimum atomic E-state index is -0.628. The van der Waals surface area contributed by atoms with E-state index in [4.69, 9.17) is 18.9 Å². The van der Waals surface area contributed by atoms with Crippen LogP contribution in [0.3, 0.4) is 0 Å². The fraction of sp³-hybridized carbons (Fsp3) is 0.174. The molecule has 0 aliphatic heterocycles. The summed E-state index contributed by atoms with van der Waals surface area (Å²) in [5, 5.41) is 11.4. The van der Waals surface area contributed by atoms with E-state index >= 15 is 0 Å². The molecular formula is C23H21NO7. The summed E-state index contributed by atoms with van der Waals surface area (Å²) in [4.78, 5) is 22.1. The molecule has 8 nitrogen and oxygen atoms in total. The van der Waals surface area contributed by atoms with Crippen molar-refractivity contribution in [3.05, 3.63) is 87.5 Å². The third-order valence-corrected chi connectivity index (χ3v) is 4.52. The number of nitro benzene ring substituents is 1. The number of methoxy groups -OCH3 is 2. The summed E-state index contributed by atoms with van der Waals surface area (Å²) in [6.45, 7) is 0.333. The predicted molar refractivity (Wildman–Crippen MR) is 113 cm³/mol. The third kappa shape index (κ3) is 5.51. The fourth-order valence-electron chi connectivity index (χ4n) is 2.81. The lowest BCUT2D eigenvalue weighted by atomic mass is 10.1. The summed E-state index contributed by atoms with van der Waals surface area (Å²) in [5.74, 6) is 1.82. The van der Waals surface area contributed by atoms with Gasteiger partial charge in [-0.05, 0) is 35.4 Å². The molecule has 3 rings (SSSR count). The van der Waals surface area contributed by atoms with Crippen LogP contribution in [0.25, 0.3) is 0 Å². The molecule has 0 aliphatic carbocycles. The highest BCUT2D eigenvalue weighted by molar-refractivity contribution is 5.83. The van der Waals surface area contributed by atoms with E-state index in [-0.39, 0.29) is 36.0 Å². The molecule has 31 heavy (non-hydrogen) atoms. The molecule has 0 unspecified atom stereocenters. The van der Waals surface area contributed by atoms with Gasteiger partial charge in [-0.15, -0.1) is 0 Å². The normalized spacial score (nSPS) is 10.3. The van der Waals surface area contributed by atoms with Crippen LogP contribution in [0.1, 0.15) is 21.5 Å². The summed E-state index contributed by atoms with van der Waals surface area (Å²) in [5.41, 5.74) is 1.25. The van der Waals surface area contributed by atoms with E-state index in [1.807, 2.05) is 24.3 Å². The van der Waals surface area contributed by atoms with Gasteiger partial charge in [0.1, 0.15) is 24.7 Å². The van der Waals surface area contributed by atoms with Crippen molar-refractivity contribution in [2.24, 2.45) is 0 Å². The van der Waals surface area contributed by atoms with Crippen molar-refractivity contribution in [3.8, 4) is 23.0 Å². The van der Waals surface area contributed by atoms with Gasteiger partial charge in [-0.1, -0.05) is 24.3 Å². The van der Waals surface area contributed by atoms with Crippen LogP contribution in [-0.2, 0) is 13.2 Å². The second kappa shape index (κ2) is 10.1. The number of nitrogens with zero attached hydrogens (tertiary/aromatic N) is 1. The minimum absolute atomic E-state index is 0.0912. The zero-order chi connectivity index (χ0) is 22.2. The second-order valence-electron chi connectivity index (χ2n) is 6.51. The monoisotopic (exact) mass is 423 g/mol.